The van der Waals surface area contributed by atoms with Gasteiger partial charge < -0.3 is 5.11 Å². The first-order chi connectivity index (χ1) is 11.1. The molecule has 0 spiro atoms. The van der Waals surface area contributed by atoms with E-state index in [4.69, 9.17) is 0 Å². The van der Waals surface area contributed by atoms with Gasteiger partial charge in [0, 0.05) is 18.2 Å². The number of aromatic hydroxyl groups is 1. The van der Waals surface area contributed by atoms with Crippen LogP contribution in [0, 0.1) is 17.5 Å². The summed E-state index contributed by atoms with van der Waals surface area (Å²) < 4.78 is 78.7. The normalized spacial score (nSPS) is 12.1. The minimum Gasteiger partial charge on any atom is -0.507 e. The summed E-state index contributed by atoms with van der Waals surface area (Å²) in [5.41, 5.74) is -4.05. The van der Waals surface area contributed by atoms with Crippen LogP contribution in [0.4, 0.5) is 26.3 Å². The van der Waals surface area contributed by atoms with Crippen molar-refractivity contribution in [2.75, 3.05) is 0 Å². The Morgan fingerprint density at radius 2 is 1.62 bits per heavy atom. The molecule has 11 heteroatoms. The Labute approximate surface area is 127 Å². The summed E-state index contributed by atoms with van der Waals surface area (Å²) in [5.74, 6) is -6.83. The van der Waals surface area contributed by atoms with Crippen molar-refractivity contribution in [2.24, 2.45) is 0 Å². The van der Waals surface area contributed by atoms with Crippen LogP contribution in [-0.4, -0.2) is 19.7 Å². The van der Waals surface area contributed by atoms with Gasteiger partial charge in [-0.2, -0.15) is 17.7 Å². The molecule has 3 rings (SSSR count). The molecule has 0 fully saturated rings. The van der Waals surface area contributed by atoms with Crippen LogP contribution in [0.25, 0.3) is 16.8 Å². The molecule has 0 bridgehead atoms. The summed E-state index contributed by atoms with van der Waals surface area (Å²) in [4.78, 5) is 15.3. The van der Waals surface area contributed by atoms with Crippen LogP contribution in [0.2, 0.25) is 0 Å². The Bertz CT molecular complexity index is 998. The Hall–Kier alpha value is -2.98. The lowest BCUT2D eigenvalue weighted by atomic mass is 10.0. The Kier molecular flexibility index (Phi) is 3.32. The molecule has 0 unspecified atom stereocenters. The number of alkyl halides is 3. The maximum Gasteiger partial charge on any atom is 0.451 e. The lowest BCUT2D eigenvalue weighted by Gasteiger charge is -2.07. The molecule has 0 saturated heterocycles. The standard InChI is InChI=1S/C13H5F6N3O2/c14-4-1-5(15)9(6(16)2-4)10-7(23)3-8-20-12(13(17,18)19)21-22(8)11(10)24/h1-3,23H,(H,20,21). The summed E-state index contributed by atoms with van der Waals surface area (Å²) in [6, 6.07) is 1.14. The summed E-state index contributed by atoms with van der Waals surface area (Å²) >= 11 is 0. The Morgan fingerprint density at radius 3 is 2.17 bits per heavy atom. The average molecular weight is 349 g/mol. The van der Waals surface area contributed by atoms with Gasteiger partial charge in [-0.05, 0) is 0 Å². The smallest absolute Gasteiger partial charge is 0.451 e. The Morgan fingerprint density at radius 1 is 1.04 bits per heavy atom. The number of pyridine rings is 1. The van der Waals surface area contributed by atoms with Crippen molar-refractivity contribution < 1.29 is 31.4 Å². The summed E-state index contributed by atoms with van der Waals surface area (Å²) in [5, 5.41) is 11.4. The number of hydrogen-bond donors (Lipinski definition) is 2. The van der Waals surface area contributed by atoms with Gasteiger partial charge in [-0.15, -0.1) is 0 Å². The lowest BCUT2D eigenvalue weighted by Crippen LogP contribution is -2.18. The number of aromatic amines is 1. The van der Waals surface area contributed by atoms with Crippen LogP contribution in [0.3, 0.4) is 0 Å². The van der Waals surface area contributed by atoms with E-state index in [1.807, 2.05) is 0 Å². The maximum absolute atomic E-state index is 13.8. The number of nitrogens with one attached hydrogen (secondary N) is 1. The third-order valence-electron chi connectivity index (χ3n) is 3.14. The van der Waals surface area contributed by atoms with Gasteiger partial charge in [-0.25, -0.2) is 18.2 Å². The quantitative estimate of drug-likeness (QED) is 0.664. The SMILES string of the molecule is O=c1c(-c2c(F)cc(F)cc2F)c(O)cc2nc(C(F)(F)F)[nH]n12. The lowest BCUT2D eigenvalue weighted by molar-refractivity contribution is -0.144. The first kappa shape index (κ1) is 15.9. The highest BCUT2D eigenvalue weighted by Gasteiger charge is 2.36. The van der Waals surface area contributed by atoms with E-state index >= 15 is 0 Å². The monoisotopic (exact) mass is 349 g/mol. The van der Waals surface area contributed by atoms with Crippen molar-refractivity contribution in [1.82, 2.24) is 14.6 Å². The highest BCUT2D eigenvalue weighted by Crippen LogP contribution is 2.32. The van der Waals surface area contributed by atoms with Gasteiger partial charge in [0.2, 0.25) is 5.82 Å². The number of fused-ring (bicyclic) bond motifs is 1. The molecule has 126 valence electrons. The number of nitrogens with zero attached hydrogens (tertiary/aromatic N) is 2. The van der Waals surface area contributed by atoms with Crippen LogP contribution in [0.1, 0.15) is 5.82 Å². The summed E-state index contributed by atoms with van der Waals surface area (Å²) in [7, 11) is 0. The van der Waals surface area contributed by atoms with Crippen molar-refractivity contribution >= 4 is 5.65 Å². The third kappa shape index (κ3) is 2.37. The van der Waals surface area contributed by atoms with E-state index in [0.717, 1.165) is 0 Å². The van der Waals surface area contributed by atoms with Crippen molar-refractivity contribution in [1.29, 1.82) is 0 Å². The molecular weight excluding hydrogens is 344 g/mol. The molecule has 0 atom stereocenters. The van der Waals surface area contributed by atoms with E-state index in [0.29, 0.717) is 6.07 Å². The first-order valence-electron chi connectivity index (χ1n) is 6.16. The predicted octanol–water partition coefficient (Wildman–Crippen LogP) is 2.83. The van der Waals surface area contributed by atoms with Gasteiger partial charge in [0.05, 0.1) is 11.1 Å². The molecule has 1 aromatic carbocycles. The molecule has 0 saturated carbocycles. The number of benzene rings is 1. The summed E-state index contributed by atoms with van der Waals surface area (Å²) in [6.45, 7) is 0. The molecule has 2 N–H and O–H groups in total. The molecule has 0 aliphatic rings. The number of H-pyrrole nitrogens is 1. The van der Waals surface area contributed by atoms with E-state index in [9.17, 15) is 36.2 Å². The van der Waals surface area contributed by atoms with Crippen LogP contribution < -0.4 is 5.56 Å². The van der Waals surface area contributed by atoms with Gasteiger partial charge in [0.15, 0.2) is 5.65 Å². The minimum atomic E-state index is -4.92. The van der Waals surface area contributed by atoms with E-state index < -0.39 is 57.5 Å². The van der Waals surface area contributed by atoms with Gasteiger partial charge in [-0.3, -0.25) is 9.89 Å². The predicted molar refractivity (Wildman–Crippen MR) is 67.8 cm³/mol. The highest BCUT2D eigenvalue weighted by molar-refractivity contribution is 5.72. The van der Waals surface area contributed by atoms with E-state index in [1.165, 1.54) is 0 Å². The molecule has 5 nitrogen and oxygen atoms in total. The largest absolute Gasteiger partial charge is 0.507 e. The fraction of sp³-hybridized carbons (Fsp3) is 0.0769. The van der Waals surface area contributed by atoms with Crippen molar-refractivity contribution in [2.45, 2.75) is 6.18 Å². The number of halogens is 6. The van der Waals surface area contributed by atoms with Crippen LogP contribution >= 0.6 is 0 Å². The van der Waals surface area contributed by atoms with Gasteiger partial charge >= 0.3 is 6.18 Å². The second-order valence-corrected chi connectivity index (χ2v) is 4.72. The minimum absolute atomic E-state index is 0.264. The molecule has 24 heavy (non-hydrogen) atoms. The molecule has 3 aromatic rings. The van der Waals surface area contributed by atoms with Crippen molar-refractivity contribution in [3.63, 3.8) is 0 Å². The van der Waals surface area contributed by atoms with E-state index in [-0.39, 0.29) is 16.6 Å². The topological polar surface area (TPSA) is 70.4 Å². The Balaban J connectivity index is 2.37. The second kappa shape index (κ2) is 5.01. The van der Waals surface area contributed by atoms with Gasteiger partial charge in [0.25, 0.3) is 5.56 Å². The maximum atomic E-state index is 13.8. The highest BCUT2D eigenvalue weighted by atomic mass is 19.4. The van der Waals surface area contributed by atoms with Gasteiger partial charge in [0.1, 0.15) is 23.2 Å². The fourth-order valence-corrected chi connectivity index (χ4v) is 2.16. The van der Waals surface area contributed by atoms with Gasteiger partial charge in [-0.1, -0.05) is 0 Å². The van der Waals surface area contributed by atoms with Crippen LogP contribution in [0.5, 0.6) is 5.75 Å². The zero-order valence-electron chi connectivity index (χ0n) is 11.2. The molecular formula is C13H5F6N3O2. The van der Waals surface area contributed by atoms with E-state index in [1.54, 1.807) is 5.10 Å². The van der Waals surface area contributed by atoms with Crippen molar-refractivity contribution in [3.8, 4) is 16.9 Å². The zero-order valence-corrected chi connectivity index (χ0v) is 11.2. The molecule has 2 heterocycles. The molecule has 0 radical (unpaired) electrons. The molecule has 0 aliphatic carbocycles. The number of rotatable bonds is 1. The van der Waals surface area contributed by atoms with Crippen LogP contribution in [-0.2, 0) is 6.18 Å². The zero-order chi connectivity index (χ0) is 17.8. The van der Waals surface area contributed by atoms with Crippen molar-refractivity contribution in [3.05, 3.63) is 51.8 Å². The molecule has 2 aromatic heterocycles. The van der Waals surface area contributed by atoms with Crippen LogP contribution in [0.15, 0.2) is 23.0 Å². The number of hydrogen-bond acceptors (Lipinski definition) is 3. The third-order valence-corrected chi connectivity index (χ3v) is 3.14. The summed E-state index contributed by atoms with van der Waals surface area (Å²) in [6.07, 6.45) is -4.92. The average Bonchev–Trinajstić information content (AvgIpc) is 2.85. The van der Waals surface area contributed by atoms with E-state index in [2.05, 4.69) is 4.98 Å². The molecule has 0 amide bonds. The first-order valence-corrected chi connectivity index (χ1v) is 6.16. The second-order valence-electron chi connectivity index (χ2n) is 4.72. The number of aromatic nitrogens is 3. The molecule has 0 aliphatic heterocycles. The fourth-order valence-electron chi connectivity index (χ4n) is 2.16.